The lowest BCUT2D eigenvalue weighted by Gasteiger charge is -2.36. The molecule has 2 fully saturated rings. The van der Waals surface area contributed by atoms with Crippen molar-refractivity contribution >= 4 is 11.6 Å². The molecule has 2 aliphatic rings. The van der Waals surface area contributed by atoms with Crippen molar-refractivity contribution in [3.63, 3.8) is 0 Å². The largest absolute Gasteiger partial charge is 0.378 e. The van der Waals surface area contributed by atoms with Gasteiger partial charge in [0.2, 0.25) is 0 Å². The minimum absolute atomic E-state index is 0.211. The third-order valence-electron chi connectivity index (χ3n) is 3.60. The topological polar surface area (TPSA) is 21.7 Å². The summed E-state index contributed by atoms with van der Waals surface area (Å²) in [5, 5.41) is 0. The van der Waals surface area contributed by atoms with Crippen LogP contribution in [0, 0.1) is 0 Å². The molecule has 0 aromatic heterocycles. The molecule has 0 aromatic rings. The molecule has 0 aromatic carbocycles. The first-order chi connectivity index (χ1) is 8.28. The molecular weight excluding hydrogens is 238 g/mol. The predicted molar refractivity (Wildman–Crippen MR) is 69.7 cm³/mol. The molecule has 2 heterocycles. The summed E-state index contributed by atoms with van der Waals surface area (Å²) in [5.74, 6) is 0.604. The van der Waals surface area contributed by atoms with E-state index in [1.165, 1.54) is 25.7 Å². The lowest BCUT2D eigenvalue weighted by Crippen LogP contribution is -2.47. The van der Waals surface area contributed by atoms with Gasteiger partial charge in [0.15, 0.2) is 0 Å². The van der Waals surface area contributed by atoms with Crippen LogP contribution >= 0.6 is 11.6 Å². The molecule has 3 unspecified atom stereocenters. The highest BCUT2D eigenvalue weighted by atomic mass is 35.5. The smallest absolute Gasteiger partial charge is 0.0841 e. The molecule has 3 nitrogen and oxygen atoms in total. The molecule has 0 radical (unpaired) electrons. The molecule has 0 bridgehead atoms. The van der Waals surface area contributed by atoms with Crippen molar-refractivity contribution in [1.29, 1.82) is 0 Å². The van der Waals surface area contributed by atoms with Gasteiger partial charge < -0.3 is 9.47 Å². The zero-order valence-corrected chi connectivity index (χ0v) is 11.5. The Labute approximate surface area is 109 Å². The summed E-state index contributed by atoms with van der Waals surface area (Å²) in [5.41, 5.74) is 0. The Morgan fingerprint density at radius 2 is 2.18 bits per heavy atom. The highest BCUT2D eigenvalue weighted by molar-refractivity contribution is 6.18. The van der Waals surface area contributed by atoms with E-state index in [-0.39, 0.29) is 6.10 Å². The van der Waals surface area contributed by atoms with Crippen molar-refractivity contribution in [1.82, 2.24) is 4.90 Å². The van der Waals surface area contributed by atoms with Crippen molar-refractivity contribution in [3.05, 3.63) is 0 Å². The average Bonchev–Trinajstić information content (AvgIpc) is 2.81. The van der Waals surface area contributed by atoms with Crippen LogP contribution in [0.5, 0.6) is 0 Å². The zero-order chi connectivity index (χ0) is 12.1. The third kappa shape index (κ3) is 4.40. The summed E-state index contributed by atoms with van der Waals surface area (Å²) in [4.78, 5) is 2.48. The van der Waals surface area contributed by atoms with Crippen LogP contribution < -0.4 is 0 Å². The van der Waals surface area contributed by atoms with Gasteiger partial charge in [-0.1, -0.05) is 0 Å². The molecule has 0 spiro atoms. The number of morpholine rings is 1. The first-order valence-corrected chi connectivity index (χ1v) is 7.36. The highest BCUT2D eigenvalue weighted by Gasteiger charge is 2.24. The van der Waals surface area contributed by atoms with E-state index >= 15 is 0 Å². The molecule has 3 atom stereocenters. The van der Waals surface area contributed by atoms with E-state index in [1.54, 1.807) is 0 Å². The second-order valence-corrected chi connectivity index (χ2v) is 5.57. The molecular formula is C13H24ClNO2. The number of nitrogens with zero attached hydrogens (tertiary/aromatic N) is 1. The Kier molecular flexibility index (Phi) is 5.54. The summed E-state index contributed by atoms with van der Waals surface area (Å²) in [6.07, 6.45) is 5.98. The lowest BCUT2D eigenvalue weighted by molar-refractivity contribution is -0.0671. The van der Waals surface area contributed by atoms with E-state index in [1.807, 2.05) is 0 Å². The van der Waals surface area contributed by atoms with Gasteiger partial charge in [-0.05, 0) is 39.2 Å². The van der Waals surface area contributed by atoms with Crippen molar-refractivity contribution in [2.75, 3.05) is 32.1 Å². The van der Waals surface area contributed by atoms with Crippen LogP contribution in [-0.2, 0) is 9.47 Å². The van der Waals surface area contributed by atoms with Crippen LogP contribution in [-0.4, -0.2) is 55.3 Å². The van der Waals surface area contributed by atoms with Gasteiger partial charge in [-0.2, -0.15) is 0 Å². The summed E-state index contributed by atoms with van der Waals surface area (Å²) in [6.45, 7) is 6.28. The maximum absolute atomic E-state index is 5.88. The molecule has 0 N–H and O–H groups in total. The molecule has 0 saturated carbocycles. The minimum Gasteiger partial charge on any atom is -0.378 e. The Balaban J connectivity index is 1.63. The number of hydrogen-bond donors (Lipinski definition) is 0. The van der Waals surface area contributed by atoms with E-state index < -0.39 is 0 Å². The Hall–Kier alpha value is 0.170. The lowest BCUT2D eigenvalue weighted by atomic mass is 10.1. The van der Waals surface area contributed by atoms with Gasteiger partial charge in [0.1, 0.15) is 0 Å². The van der Waals surface area contributed by atoms with Crippen LogP contribution in [0.25, 0.3) is 0 Å². The van der Waals surface area contributed by atoms with Crippen LogP contribution in [0.3, 0.4) is 0 Å². The van der Waals surface area contributed by atoms with Crippen molar-refractivity contribution in [3.8, 4) is 0 Å². The van der Waals surface area contributed by atoms with Gasteiger partial charge in [0.25, 0.3) is 0 Å². The van der Waals surface area contributed by atoms with Crippen molar-refractivity contribution in [2.24, 2.45) is 0 Å². The number of alkyl halides is 1. The Morgan fingerprint density at radius 3 is 2.88 bits per heavy atom. The number of halogens is 1. The quantitative estimate of drug-likeness (QED) is 0.709. The third-order valence-corrected chi connectivity index (χ3v) is 3.94. The molecule has 17 heavy (non-hydrogen) atoms. The summed E-state index contributed by atoms with van der Waals surface area (Å²) in [6, 6.07) is 0. The first kappa shape index (κ1) is 13.6. The predicted octanol–water partition coefficient (Wildman–Crippen LogP) is 2.27. The maximum Gasteiger partial charge on any atom is 0.0841 e. The van der Waals surface area contributed by atoms with E-state index in [4.69, 9.17) is 21.1 Å². The molecule has 100 valence electrons. The maximum atomic E-state index is 5.88. The van der Waals surface area contributed by atoms with E-state index in [0.717, 1.165) is 26.2 Å². The summed E-state index contributed by atoms with van der Waals surface area (Å²) in [7, 11) is 0. The standard InChI is InChI=1S/C13H24ClNO2/c1-11-9-15(10-13(8-14)17-11)6-2-4-12-5-3-7-16-12/h11-13H,2-10H2,1H3. The fourth-order valence-corrected chi connectivity index (χ4v) is 2.99. The number of ether oxygens (including phenoxy) is 2. The molecule has 2 saturated heterocycles. The highest BCUT2D eigenvalue weighted by Crippen LogP contribution is 2.18. The van der Waals surface area contributed by atoms with Gasteiger partial charge in [-0.3, -0.25) is 4.90 Å². The van der Waals surface area contributed by atoms with Crippen molar-refractivity contribution in [2.45, 2.75) is 50.9 Å². The monoisotopic (exact) mass is 261 g/mol. The fourth-order valence-electron chi connectivity index (χ4n) is 2.82. The second-order valence-electron chi connectivity index (χ2n) is 5.26. The van der Waals surface area contributed by atoms with Crippen molar-refractivity contribution < 1.29 is 9.47 Å². The van der Waals surface area contributed by atoms with Crippen LogP contribution in [0.2, 0.25) is 0 Å². The van der Waals surface area contributed by atoms with Crippen LogP contribution in [0.15, 0.2) is 0 Å². The van der Waals surface area contributed by atoms with Gasteiger partial charge in [-0.25, -0.2) is 0 Å². The normalized spacial score (nSPS) is 35.3. The van der Waals surface area contributed by atoms with Crippen LogP contribution in [0.1, 0.15) is 32.6 Å². The Morgan fingerprint density at radius 1 is 1.29 bits per heavy atom. The van der Waals surface area contributed by atoms with Gasteiger partial charge in [-0.15, -0.1) is 11.6 Å². The first-order valence-electron chi connectivity index (χ1n) is 6.83. The Bertz CT molecular complexity index is 221. The van der Waals surface area contributed by atoms with Crippen LogP contribution in [0.4, 0.5) is 0 Å². The molecule has 4 heteroatoms. The number of rotatable bonds is 5. The molecule has 0 amide bonds. The van der Waals surface area contributed by atoms with Gasteiger partial charge in [0, 0.05) is 25.6 Å². The van der Waals surface area contributed by atoms with Gasteiger partial charge >= 0.3 is 0 Å². The fraction of sp³-hybridized carbons (Fsp3) is 1.00. The molecule has 2 aliphatic heterocycles. The van der Waals surface area contributed by atoms with E-state index in [2.05, 4.69) is 11.8 Å². The summed E-state index contributed by atoms with van der Waals surface area (Å²) < 4.78 is 11.4. The van der Waals surface area contributed by atoms with Gasteiger partial charge in [0.05, 0.1) is 18.3 Å². The summed E-state index contributed by atoms with van der Waals surface area (Å²) >= 11 is 5.88. The zero-order valence-electron chi connectivity index (χ0n) is 10.7. The minimum atomic E-state index is 0.211. The van der Waals surface area contributed by atoms with E-state index in [0.29, 0.717) is 18.1 Å². The molecule has 2 rings (SSSR count). The number of hydrogen-bond acceptors (Lipinski definition) is 3. The molecule has 0 aliphatic carbocycles. The average molecular weight is 262 g/mol. The SMILES string of the molecule is CC1CN(CCCC2CCCO2)CC(CCl)O1. The second kappa shape index (κ2) is 6.93. The van der Waals surface area contributed by atoms with E-state index in [9.17, 15) is 0 Å².